The quantitative estimate of drug-likeness (QED) is 0.267. The second-order valence-electron chi connectivity index (χ2n) is 9.53. The average Bonchev–Trinajstić information content (AvgIpc) is 3.66. The molecule has 3 amide bonds. The number of rotatable bonds is 6. The standard InChI is InChI=1S/C30H27ClN4O2S/c1-38-24-15-11-22(12-16-24)32-30(37)34(23-13-14-23)19-28(36)35-26-9-3-2-8-25(26)33-17-5-10-27(33)29(35)20-6-4-7-21(31)18-20/h2-12,15-18,23,29H,13-14,19H2,1H3,(H,32,37)/t29-/m1/s1. The van der Waals surface area contributed by atoms with E-state index < -0.39 is 0 Å². The van der Waals surface area contributed by atoms with Crippen molar-refractivity contribution in [3.05, 3.63) is 107 Å². The van der Waals surface area contributed by atoms with E-state index in [9.17, 15) is 9.59 Å². The zero-order valence-electron chi connectivity index (χ0n) is 20.9. The number of anilines is 2. The molecule has 8 heteroatoms. The Hall–Kier alpha value is -3.68. The summed E-state index contributed by atoms with van der Waals surface area (Å²) in [6.07, 6.45) is 5.81. The molecular weight excluding hydrogens is 516 g/mol. The number of thioether (sulfide) groups is 1. The number of aromatic nitrogens is 1. The van der Waals surface area contributed by atoms with Crippen molar-refractivity contribution in [1.29, 1.82) is 0 Å². The molecule has 1 N–H and O–H groups in total. The summed E-state index contributed by atoms with van der Waals surface area (Å²) < 4.78 is 2.12. The number of carbonyl (C=O) groups is 2. The van der Waals surface area contributed by atoms with Gasteiger partial charge in [-0.05, 0) is 85.3 Å². The first-order valence-electron chi connectivity index (χ1n) is 12.6. The van der Waals surface area contributed by atoms with E-state index in [4.69, 9.17) is 11.6 Å². The molecule has 1 fully saturated rings. The number of nitrogens with zero attached hydrogens (tertiary/aromatic N) is 3. The van der Waals surface area contributed by atoms with Gasteiger partial charge in [-0.25, -0.2) is 4.79 Å². The Morgan fingerprint density at radius 2 is 1.74 bits per heavy atom. The maximum absolute atomic E-state index is 14.2. The van der Waals surface area contributed by atoms with Crippen LogP contribution in [0.2, 0.25) is 5.02 Å². The lowest BCUT2D eigenvalue weighted by Crippen LogP contribution is -2.48. The lowest BCUT2D eigenvalue weighted by atomic mass is 9.97. The Balaban J connectivity index is 1.34. The van der Waals surface area contributed by atoms with Crippen molar-refractivity contribution >= 4 is 46.7 Å². The Morgan fingerprint density at radius 3 is 2.45 bits per heavy atom. The molecule has 0 unspecified atom stereocenters. The van der Waals surface area contributed by atoms with E-state index in [1.165, 1.54) is 0 Å². The molecule has 1 aliphatic heterocycles. The molecule has 192 valence electrons. The maximum Gasteiger partial charge on any atom is 0.322 e. The molecule has 2 aliphatic rings. The number of para-hydroxylation sites is 2. The van der Waals surface area contributed by atoms with E-state index in [-0.39, 0.29) is 30.6 Å². The Morgan fingerprint density at radius 1 is 0.974 bits per heavy atom. The molecule has 38 heavy (non-hydrogen) atoms. The lowest BCUT2D eigenvalue weighted by Gasteiger charge is -2.39. The number of halogens is 1. The number of hydrogen-bond acceptors (Lipinski definition) is 3. The van der Waals surface area contributed by atoms with Gasteiger partial charge in [0.05, 0.1) is 17.1 Å². The van der Waals surface area contributed by atoms with Gasteiger partial charge < -0.3 is 14.8 Å². The Labute approximate surface area is 231 Å². The highest BCUT2D eigenvalue weighted by molar-refractivity contribution is 7.98. The van der Waals surface area contributed by atoms with Gasteiger partial charge in [0, 0.05) is 27.8 Å². The van der Waals surface area contributed by atoms with Crippen LogP contribution in [0.4, 0.5) is 16.2 Å². The van der Waals surface area contributed by atoms with E-state index in [0.717, 1.165) is 40.4 Å². The fourth-order valence-corrected chi connectivity index (χ4v) is 5.71. The van der Waals surface area contributed by atoms with Crippen LogP contribution >= 0.6 is 23.4 Å². The van der Waals surface area contributed by atoms with E-state index in [1.807, 2.05) is 102 Å². The minimum absolute atomic E-state index is 0.0223. The lowest BCUT2D eigenvalue weighted by molar-refractivity contribution is -0.119. The van der Waals surface area contributed by atoms with Crippen LogP contribution in [0.1, 0.15) is 30.1 Å². The topological polar surface area (TPSA) is 57.6 Å². The fourth-order valence-electron chi connectivity index (χ4n) is 5.10. The van der Waals surface area contributed by atoms with Crippen LogP contribution in [-0.2, 0) is 4.79 Å². The van der Waals surface area contributed by atoms with Gasteiger partial charge in [-0.3, -0.25) is 9.69 Å². The minimum atomic E-state index is -0.380. The first-order valence-corrected chi connectivity index (χ1v) is 14.2. The van der Waals surface area contributed by atoms with Crippen LogP contribution in [0.3, 0.4) is 0 Å². The molecule has 2 heterocycles. The van der Waals surface area contributed by atoms with E-state index >= 15 is 0 Å². The summed E-state index contributed by atoms with van der Waals surface area (Å²) in [5, 5.41) is 3.60. The van der Waals surface area contributed by atoms with Crippen molar-refractivity contribution in [1.82, 2.24) is 9.47 Å². The summed E-state index contributed by atoms with van der Waals surface area (Å²) in [4.78, 5) is 32.2. The van der Waals surface area contributed by atoms with Crippen LogP contribution in [0.15, 0.2) is 96.0 Å². The molecule has 0 saturated heterocycles. The smallest absolute Gasteiger partial charge is 0.316 e. The predicted octanol–water partition coefficient (Wildman–Crippen LogP) is 6.99. The molecule has 3 aromatic carbocycles. The SMILES string of the molecule is CSc1ccc(NC(=O)N(CC(=O)N2c3ccccc3-n3cccc3[C@H]2c2cccc(Cl)c2)C2CC2)cc1. The first kappa shape index (κ1) is 24.6. The van der Waals surface area contributed by atoms with Gasteiger partial charge in [0.15, 0.2) is 0 Å². The largest absolute Gasteiger partial charge is 0.322 e. The molecule has 1 atom stereocenters. The summed E-state index contributed by atoms with van der Waals surface area (Å²) >= 11 is 8.04. The molecule has 6 nitrogen and oxygen atoms in total. The Bertz CT molecular complexity index is 1500. The van der Waals surface area contributed by atoms with Crippen molar-refractivity contribution in [2.45, 2.75) is 29.8 Å². The molecule has 0 bridgehead atoms. The molecule has 4 aromatic rings. The summed E-state index contributed by atoms with van der Waals surface area (Å²) in [6.45, 7) is -0.0223. The summed E-state index contributed by atoms with van der Waals surface area (Å²) in [5.41, 5.74) is 4.32. The van der Waals surface area contributed by atoms with Crippen LogP contribution in [0.5, 0.6) is 0 Å². The highest BCUT2D eigenvalue weighted by Gasteiger charge is 2.40. The number of carbonyl (C=O) groups excluding carboxylic acids is 2. The van der Waals surface area contributed by atoms with Gasteiger partial charge >= 0.3 is 6.03 Å². The normalized spacial score (nSPS) is 15.9. The van der Waals surface area contributed by atoms with Gasteiger partial charge in [0.25, 0.3) is 0 Å². The number of benzene rings is 3. The van der Waals surface area contributed by atoms with Crippen LogP contribution < -0.4 is 10.2 Å². The molecule has 0 radical (unpaired) electrons. The van der Waals surface area contributed by atoms with Crippen LogP contribution in [0, 0.1) is 0 Å². The summed E-state index contributed by atoms with van der Waals surface area (Å²) in [5.74, 6) is -0.144. The minimum Gasteiger partial charge on any atom is -0.316 e. The van der Waals surface area contributed by atoms with E-state index in [0.29, 0.717) is 10.7 Å². The number of urea groups is 1. The molecule has 1 aliphatic carbocycles. The maximum atomic E-state index is 14.2. The van der Waals surface area contributed by atoms with Crippen molar-refractivity contribution in [3.8, 4) is 5.69 Å². The summed E-state index contributed by atoms with van der Waals surface area (Å²) in [7, 11) is 0. The highest BCUT2D eigenvalue weighted by atomic mass is 35.5. The predicted molar refractivity (Wildman–Crippen MR) is 154 cm³/mol. The first-order chi connectivity index (χ1) is 18.5. The molecule has 1 saturated carbocycles. The number of nitrogens with one attached hydrogen (secondary N) is 1. The fraction of sp³-hybridized carbons (Fsp3) is 0.200. The zero-order valence-corrected chi connectivity index (χ0v) is 22.5. The molecule has 0 spiro atoms. The molecule has 6 rings (SSSR count). The van der Waals surface area contributed by atoms with Crippen LogP contribution in [-0.4, -0.2) is 40.2 Å². The molecular formula is C30H27ClN4O2S. The van der Waals surface area contributed by atoms with Gasteiger partial charge in [-0.15, -0.1) is 11.8 Å². The molecule has 1 aromatic heterocycles. The second-order valence-corrected chi connectivity index (χ2v) is 10.8. The average molecular weight is 543 g/mol. The third-order valence-electron chi connectivity index (χ3n) is 7.05. The third kappa shape index (κ3) is 4.68. The van der Waals surface area contributed by atoms with Gasteiger partial charge in [-0.1, -0.05) is 35.9 Å². The van der Waals surface area contributed by atoms with E-state index in [1.54, 1.807) is 16.7 Å². The number of amides is 3. The summed E-state index contributed by atoms with van der Waals surface area (Å²) in [6, 6.07) is 26.7. The van der Waals surface area contributed by atoms with Gasteiger partial charge in [-0.2, -0.15) is 0 Å². The number of fused-ring (bicyclic) bond motifs is 3. The zero-order chi connectivity index (χ0) is 26.2. The monoisotopic (exact) mass is 542 g/mol. The van der Waals surface area contributed by atoms with Crippen LogP contribution in [0.25, 0.3) is 5.69 Å². The number of hydrogen-bond donors (Lipinski definition) is 1. The van der Waals surface area contributed by atoms with E-state index in [2.05, 4.69) is 9.88 Å². The van der Waals surface area contributed by atoms with Gasteiger partial charge in [0.2, 0.25) is 5.91 Å². The van der Waals surface area contributed by atoms with Gasteiger partial charge in [0.1, 0.15) is 12.6 Å². The van der Waals surface area contributed by atoms with Crippen molar-refractivity contribution < 1.29 is 9.59 Å². The van der Waals surface area contributed by atoms with Crippen molar-refractivity contribution in [2.75, 3.05) is 23.0 Å². The third-order valence-corrected chi connectivity index (χ3v) is 8.03. The second kappa shape index (κ2) is 10.2. The van der Waals surface area contributed by atoms with Crippen molar-refractivity contribution in [3.63, 3.8) is 0 Å². The highest BCUT2D eigenvalue weighted by Crippen LogP contribution is 2.43. The van der Waals surface area contributed by atoms with Crippen molar-refractivity contribution in [2.24, 2.45) is 0 Å². The Kier molecular flexibility index (Phi) is 6.64.